The minimum absolute atomic E-state index is 0.0333. The van der Waals surface area contributed by atoms with Crippen molar-refractivity contribution in [3.05, 3.63) is 70.9 Å². The summed E-state index contributed by atoms with van der Waals surface area (Å²) in [7, 11) is 0. The molecule has 2 heterocycles. The second-order valence-corrected chi connectivity index (χ2v) is 8.45. The van der Waals surface area contributed by atoms with E-state index in [0.717, 1.165) is 24.5 Å². The molecule has 4 rings (SSSR count). The number of hydrogen-bond acceptors (Lipinski definition) is 3. The fourth-order valence-electron chi connectivity index (χ4n) is 4.50. The van der Waals surface area contributed by atoms with Crippen LogP contribution in [0.25, 0.3) is 10.9 Å². The molecule has 1 aromatic heterocycles. The number of carbonyl (C=O) groups excluding carboxylic acids is 1. The number of benzene rings is 2. The lowest BCUT2D eigenvalue weighted by atomic mass is 9.88. The molecule has 0 saturated carbocycles. The molecular formula is C25H25F4N3O. The number of hydrogen-bond donors (Lipinski definition) is 1. The Morgan fingerprint density at radius 2 is 1.82 bits per heavy atom. The van der Waals surface area contributed by atoms with E-state index >= 15 is 0 Å². The van der Waals surface area contributed by atoms with Crippen molar-refractivity contribution in [3.63, 3.8) is 0 Å². The van der Waals surface area contributed by atoms with Gasteiger partial charge < -0.3 is 10.2 Å². The zero-order valence-electron chi connectivity index (χ0n) is 18.4. The molecule has 1 N–H and O–H groups in total. The topological polar surface area (TPSA) is 45.2 Å². The first-order chi connectivity index (χ1) is 15.8. The summed E-state index contributed by atoms with van der Waals surface area (Å²) in [5.74, 6) is -1.27. The van der Waals surface area contributed by atoms with Gasteiger partial charge in [0.25, 0.3) is 6.43 Å². The molecule has 0 radical (unpaired) electrons. The lowest BCUT2D eigenvalue weighted by Gasteiger charge is -2.31. The first kappa shape index (κ1) is 23.0. The van der Waals surface area contributed by atoms with Gasteiger partial charge in [-0.25, -0.2) is 17.6 Å². The van der Waals surface area contributed by atoms with Crippen molar-refractivity contribution in [3.8, 4) is 0 Å². The summed E-state index contributed by atoms with van der Waals surface area (Å²) in [4.78, 5) is 17.5. The Morgan fingerprint density at radius 1 is 1.12 bits per heavy atom. The van der Waals surface area contributed by atoms with Gasteiger partial charge in [-0.05, 0) is 49.4 Å². The number of rotatable bonds is 5. The molecule has 174 valence electrons. The number of piperidine rings is 1. The summed E-state index contributed by atoms with van der Waals surface area (Å²) in [6.07, 6.45) is 0.00718. The van der Waals surface area contributed by atoms with Gasteiger partial charge in [-0.3, -0.25) is 9.78 Å². The summed E-state index contributed by atoms with van der Waals surface area (Å²) in [5.41, 5.74) is 0.991. The highest BCUT2D eigenvalue weighted by atomic mass is 19.3. The lowest BCUT2D eigenvalue weighted by molar-refractivity contribution is -0.129. The quantitative estimate of drug-likeness (QED) is 0.452. The van der Waals surface area contributed by atoms with Crippen LogP contribution in [-0.2, 0) is 4.79 Å². The molecule has 0 unspecified atom stereocenters. The van der Waals surface area contributed by atoms with E-state index in [0.29, 0.717) is 24.2 Å². The van der Waals surface area contributed by atoms with Crippen molar-refractivity contribution in [1.82, 2.24) is 9.88 Å². The number of carbonyl (C=O) groups is 1. The summed E-state index contributed by atoms with van der Waals surface area (Å²) < 4.78 is 55.8. The number of likely N-dealkylation sites (tertiary alicyclic amines) is 1. The molecule has 4 nitrogen and oxygen atoms in total. The summed E-state index contributed by atoms with van der Waals surface area (Å²) in [6.45, 7) is 4.45. The normalized spacial score (nSPS) is 15.8. The average molecular weight is 459 g/mol. The molecule has 3 aromatic rings. The van der Waals surface area contributed by atoms with Gasteiger partial charge in [-0.2, -0.15) is 0 Å². The zero-order chi connectivity index (χ0) is 23.7. The van der Waals surface area contributed by atoms with Crippen molar-refractivity contribution in [2.75, 3.05) is 18.4 Å². The highest BCUT2D eigenvalue weighted by Gasteiger charge is 2.24. The van der Waals surface area contributed by atoms with Gasteiger partial charge in [0.2, 0.25) is 5.91 Å². The number of halogens is 4. The van der Waals surface area contributed by atoms with Gasteiger partial charge >= 0.3 is 0 Å². The molecule has 1 atom stereocenters. The minimum atomic E-state index is -2.91. The lowest BCUT2D eigenvalue weighted by Crippen LogP contribution is -2.36. The van der Waals surface area contributed by atoms with Crippen molar-refractivity contribution < 1.29 is 22.4 Å². The highest BCUT2D eigenvalue weighted by Crippen LogP contribution is 2.35. The molecule has 1 amide bonds. The van der Waals surface area contributed by atoms with Crippen molar-refractivity contribution in [2.45, 2.75) is 45.1 Å². The molecule has 0 bridgehead atoms. The standard InChI is InChI=1S/C25H25F4N3O/c1-14(18-4-3-5-19(23(18)27)25(28)29)31-22-6-9-30-24-20(22)12-17(13-21(24)26)16-7-10-32(11-8-16)15(2)33/h3-6,9,12-14,16,25H,7-8,10-11H2,1-2H3,(H,30,31)/t14-/m1/s1. The van der Waals surface area contributed by atoms with Crippen LogP contribution in [0, 0.1) is 11.6 Å². The van der Waals surface area contributed by atoms with Gasteiger partial charge in [0.15, 0.2) is 0 Å². The molecule has 2 aromatic carbocycles. The largest absolute Gasteiger partial charge is 0.378 e. The third-order valence-electron chi connectivity index (χ3n) is 6.36. The van der Waals surface area contributed by atoms with E-state index in [2.05, 4.69) is 10.3 Å². The molecule has 1 saturated heterocycles. The first-order valence-electron chi connectivity index (χ1n) is 10.9. The Kier molecular flexibility index (Phi) is 6.54. The fourth-order valence-corrected chi connectivity index (χ4v) is 4.50. The fraction of sp³-hybridized carbons (Fsp3) is 0.360. The van der Waals surface area contributed by atoms with Crippen LogP contribution in [0.4, 0.5) is 23.2 Å². The van der Waals surface area contributed by atoms with Crippen LogP contribution in [0.3, 0.4) is 0 Å². The van der Waals surface area contributed by atoms with E-state index < -0.39 is 29.7 Å². The molecule has 0 spiro atoms. The van der Waals surface area contributed by atoms with Crippen molar-refractivity contribution in [1.29, 1.82) is 0 Å². The van der Waals surface area contributed by atoms with Crippen LogP contribution in [-0.4, -0.2) is 28.9 Å². The highest BCUT2D eigenvalue weighted by molar-refractivity contribution is 5.92. The maximum absolute atomic E-state index is 15.0. The second kappa shape index (κ2) is 9.37. The molecule has 33 heavy (non-hydrogen) atoms. The third kappa shape index (κ3) is 4.65. The molecule has 1 aliphatic heterocycles. The minimum Gasteiger partial charge on any atom is -0.378 e. The average Bonchev–Trinajstić information content (AvgIpc) is 2.79. The van der Waals surface area contributed by atoms with Gasteiger partial charge in [-0.15, -0.1) is 0 Å². The summed E-state index contributed by atoms with van der Waals surface area (Å²) >= 11 is 0. The van der Waals surface area contributed by atoms with Crippen LogP contribution >= 0.6 is 0 Å². The third-order valence-corrected chi connectivity index (χ3v) is 6.36. The smallest absolute Gasteiger partial charge is 0.266 e. The van der Waals surface area contributed by atoms with E-state index in [1.165, 1.54) is 24.4 Å². The molecule has 0 aliphatic carbocycles. The Labute approximate surface area is 189 Å². The summed E-state index contributed by atoms with van der Waals surface area (Å²) in [6, 6.07) is 8.31. The van der Waals surface area contributed by atoms with Crippen LogP contribution in [0.5, 0.6) is 0 Å². The number of aromatic nitrogens is 1. The summed E-state index contributed by atoms with van der Waals surface area (Å²) in [5, 5.41) is 3.68. The SMILES string of the molecule is CC(=O)N1CCC(c2cc(F)c3nccc(N[C@H](C)c4cccc(C(F)F)c4F)c3c2)CC1. The van der Waals surface area contributed by atoms with Crippen molar-refractivity contribution >= 4 is 22.5 Å². The van der Waals surface area contributed by atoms with E-state index in [-0.39, 0.29) is 22.9 Å². The van der Waals surface area contributed by atoms with Crippen LogP contribution < -0.4 is 5.32 Å². The molecule has 1 fully saturated rings. The van der Waals surface area contributed by atoms with E-state index in [1.807, 2.05) is 6.07 Å². The molecule has 8 heteroatoms. The Hall–Kier alpha value is -3.16. The van der Waals surface area contributed by atoms with Crippen LogP contribution in [0.2, 0.25) is 0 Å². The van der Waals surface area contributed by atoms with Crippen LogP contribution in [0.15, 0.2) is 42.6 Å². The second-order valence-electron chi connectivity index (χ2n) is 8.45. The zero-order valence-corrected chi connectivity index (χ0v) is 18.4. The Bertz CT molecular complexity index is 1180. The molecule has 1 aliphatic rings. The van der Waals surface area contributed by atoms with Gasteiger partial charge in [0, 0.05) is 42.8 Å². The number of amides is 1. The predicted molar refractivity (Wildman–Crippen MR) is 119 cm³/mol. The number of pyridine rings is 1. The van der Waals surface area contributed by atoms with E-state index in [9.17, 15) is 22.4 Å². The number of fused-ring (bicyclic) bond motifs is 1. The number of nitrogens with one attached hydrogen (secondary N) is 1. The van der Waals surface area contributed by atoms with Gasteiger partial charge in [0.1, 0.15) is 17.2 Å². The number of nitrogens with zero attached hydrogens (tertiary/aromatic N) is 2. The van der Waals surface area contributed by atoms with E-state index in [1.54, 1.807) is 24.8 Å². The van der Waals surface area contributed by atoms with Crippen LogP contribution in [0.1, 0.15) is 61.8 Å². The maximum atomic E-state index is 15.0. The Morgan fingerprint density at radius 3 is 2.48 bits per heavy atom. The van der Waals surface area contributed by atoms with Crippen molar-refractivity contribution in [2.24, 2.45) is 0 Å². The van der Waals surface area contributed by atoms with Gasteiger partial charge in [-0.1, -0.05) is 18.2 Å². The number of alkyl halides is 2. The van der Waals surface area contributed by atoms with Gasteiger partial charge in [0.05, 0.1) is 11.6 Å². The first-order valence-corrected chi connectivity index (χ1v) is 10.9. The van der Waals surface area contributed by atoms with E-state index in [4.69, 9.17) is 0 Å². The Balaban J connectivity index is 1.65. The maximum Gasteiger partial charge on any atom is 0.266 e. The monoisotopic (exact) mass is 459 g/mol. The number of anilines is 1. The molecular weight excluding hydrogens is 434 g/mol. The predicted octanol–water partition coefficient (Wildman–Crippen LogP) is 6.35.